The fourth-order valence-electron chi connectivity index (χ4n) is 7.00. The van der Waals surface area contributed by atoms with E-state index in [0.717, 1.165) is 0 Å². The van der Waals surface area contributed by atoms with E-state index in [-0.39, 0.29) is 78.4 Å². The van der Waals surface area contributed by atoms with E-state index in [0.29, 0.717) is 5.56 Å². The Hall–Kier alpha value is -5.93. The number of nitrogens with two attached hydrogens (primary N) is 3. The molecule has 64 heavy (non-hydrogen) atoms. The predicted molar refractivity (Wildman–Crippen MR) is 235 cm³/mol. The molecule has 1 aliphatic rings. The number of nitrogens with one attached hydrogen (secondary N) is 5. The van der Waals surface area contributed by atoms with Gasteiger partial charge in [-0.2, -0.15) is 0 Å². The molecular weight excluding hydrogens is 835 g/mol. The first kappa shape index (κ1) is 54.2. The summed E-state index contributed by atoms with van der Waals surface area (Å²) in [6.07, 6.45) is -5.37. The second kappa shape index (κ2) is 28.0. The maximum absolute atomic E-state index is 14.0. The Morgan fingerprint density at radius 2 is 1.56 bits per heavy atom. The smallest absolute Gasteiger partial charge is 0.243 e. The molecule has 0 saturated carbocycles. The summed E-state index contributed by atoms with van der Waals surface area (Å²) in [6, 6.07) is 4.46. The molecule has 1 aliphatic heterocycles. The van der Waals surface area contributed by atoms with Gasteiger partial charge in [-0.25, -0.2) is 0 Å². The largest absolute Gasteiger partial charge is 0.393 e. The van der Waals surface area contributed by atoms with Gasteiger partial charge in [-0.05, 0) is 52.0 Å². The van der Waals surface area contributed by atoms with E-state index in [4.69, 9.17) is 17.2 Å². The van der Waals surface area contributed by atoms with E-state index in [9.17, 15) is 58.2 Å². The minimum Gasteiger partial charge on any atom is -0.393 e. The Bertz CT molecular complexity index is 1840. The van der Waals surface area contributed by atoms with Gasteiger partial charge in [0.1, 0.15) is 41.3 Å². The summed E-state index contributed by atoms with van der Waals surface area (Å²) in [7, 11) is 0. The van der Waals surface area contributed by atoms with Crippen molar-refractivity contribution >= 4 is 64.4 Å². The van der Waals surface area contributed by atoms with Crippen LogP contribution in [0.15, 0.2) is 35.3 Å². The molecule has 5 amide bonds. The Morgan fingerprint density at radius 1 is 0.891 bits per heavy atom. The molecule has 21 nitrogen and oxygen atoms in total. The van der Waals surface area contributed by atoms with Gasteiger partial charge in [0.05, 0.1) is 31.2 Å². The van der Waals surface area contributed by atoms with Crippen LogP contribution in [0.3, 0.4) is 0 Å². The molecule has 13 N–H and O–H groups in total. The minimum atomic E-state index is -1.43. The van der Waals surface area contributed by atoms with Crippen molar-refractivity contribution in [3.05, 3.63) is 35.9 Å². The summed E-state index contributed by atoms with van der Waals surface area (Å²) in [5, 5.41) is 33.7. The average molecular weight is 904 g/mol. The highest BCUT2D eigenvalue weighted by Gasteiger charge is 2.34. The summed E-state index contributed by atoms with van der Waals surface area (Å²) in [4.78, 5) is 137. The first-order chi connectivity index (χ1) is 30.2. The second-order valence-corrected chi connectivity index (χ2v) is 16.1. The molecule has 0 bridgehead atoms. The number of amides is 5. The average Bonchev–Trinajstić information content (AvgIpc) is 3.23. The van der Waals surface area contributed by atoms with Gasteiger partial charge in [0, 0.05) is 71.3 Å². The normalized spacial score (nSPS) is 22.7. The quantitative estimate of drug-likeness (QED) is 0.0450. The number of ketones is 5. The molecule has 0 aliphatic carbocycles. The van der Waals surface area contributed by atoms with Crippen LogP contribution < -0.4 is 43.8 Å². The Balaban J connectivity index is 0.0000211. The van der Waals surface area contributed by atoms with Crippen molar-refractivity contribution in [2.24, 2.45) is 39.9 Å². The molecule has 0 unspecified atom stereocenters. The van der Waals surface area contributed by atoms with Crippen molar-refractivity contribution in [1.82, 2.24) is 26.6 Å². The molecular formula is C43H67N9O12. The van der Waals surface area contributed by atoms with Crippen molar-refractivity contribution in [3.63, 3.8) is 0 Å². The van der Waals surface area contributed by atoms with Crippen molar-refractivity contribution in [2.75, 3.05) is 26.2 Å². The van der Waals surface area contributed by atoms with Crippen LogP contribution >= 0.6 is 0 Å². The van der Waals surface area contributed by atoms with Crippen LogP contribution in [0.5, 0.6) is 0 Å². The summed E-state index contributed by atoms with van der Waals surface area (Å²) < 4.78 is 0. The standard InChI is InChI=1S/C43H65N9O12.H2/c1-24(53)31(25(2)54)21-36(58)28-15-17-47-38(60)14-12-34(50-39(61)13-11-29(56)22-44)42(64)51-33(10-7-16-48-43(45)46)41(63)52-35(18-27-8-5-4-6-9-27)40(62)49-23-30(57)20-32(26(3)55)37(59)19-28;/h4-6,8-9,24,26,28,31-35,53,55H,7,10-23,44H2,1-3H3,(H,47,60)(H,49,62)(H,50,61)(H,51,64)(H,52,63)(H4,45,46,48);1H/t24-,26-,28-,31+,32+,33+,34+,35+;/m1./s1/i;1+2. The number of carbonyl (C=O) groups is 10. The molecule has 21 heteroatoms. The van der Waals surface area contributed by atoms with Crippen molar-refractivity contribution < 1.29 is 59.6 Å². The predicted octanol–water partition coefficient (Wildman–Crippen LogP) is -2.22. The number of aliphatic hydroxyl groups excluding tert-OH is 2. The first-order valence-electron chi connectivity index (χ1n) is 21.4. The van der Waals surface area contributed by atoms with Crippen LogP contribution in [0.25, 0.3) is 0 Å². The Morgan fingerprint density at radius 3 is 2.17 bits per heavy atom. The lowest BCUT2D eigenvalue weighted by atomic mass is 9.81. The molecule has 1 aromatic rings. The van der Waals surface area contributed by atoms with Crippen LogP contribution in [0.2, 0.25) is 0 Å². The van der Waals surface area contributed by atoms with E-state index in [1.807, 2.05) is 0 Å². The zero-order chi connectivity index (χ0) is 47.9. The monoisotopic (exact) mass is 903 g/mol. The van der Waals surface area contributed by atoms with Crippen molar-refractivity contribution in [3.8, 4) is 0 Å². The third-order valence-corrected chi connectivity index (χ3v) is 10.8. The summed E-state index contributed by atoms with van der Waals surface area (Å²) >= 11 is 0. The highest BCUT2D eigenvalue weighted by Crippen LogP contribution is 2.23. The van der Waals surface area contributed by atoms with E-state index in [1.165, 1.54) is 20.8 Å². The van der Waals surface area contributed by atoms with Crippen LogP contribution in [-0.2, 0) is 54.4 Å². The highest BCUT2D eigenvalue weighted by molar-refractivity contribution is 5.97. The molecule has 1 fully saturated rings. The van der Waals surface area contributed by atoms with Crippen LogP contribution in [-0.4, -0.2) is 131 Å². The van der Waals surface area contributed by atoms with E-state index in [2.05, 4.69) is 31.6 Å². The Kier molecular flexibility index (Phi) is 23.7. The SMILES string of the molecule is CC(=O)[C@@H](CC(=O)[C@@H]1CCNC(=O)CC[C@H](NC(=O)CCC(=O)CN)C(=O)N[C@@H](CCCN=C(N)N)C(=O)N[C@@H](Cc2ccccc2)C(=O)NCC(=O)C[C@@H]([C@@H](C)O)C(=O)C1)[C@@H](C)O.[3HH]. The maximum Gasteiger partial charge on any atom is 0.243 e. The number of aliphatic hydroxyl groups is 2. The zero-order valence-electron chi connectivity index (χ0n) is 36.8. The highest BCUT2D eigenvalue weighted by atomic mass is 16.3. The second-order valence-electron chi connectivity index (χ2n) is 16.1. The molecule has 356 valence electrons. The molecule has 0 radical (unpaired) electrons. The molecule has 1 saturated heterocycles. The third-order valence-electron chi connectivity index (χ3n) is 10.8. The van der Waals surface area contributed by atoms with E-state index >= 15 is 0 Å². The summed E-state index contributed by atoms with van der Waals surface area (Å²) in [5.74, 6) is -10.4. The van der Waals surface area contributed by atoms with Gasteiger partial charge in [-0.15, -0.1) is 0 Å². The fourth-order valence-corrected chi connectivity index (χ4v) is 7.00. The fraction of sp³-hybridized carbons (Fsp3) is 0.605. The zero-order valence-corrected chi connectivity index (χ0v) is 36.8. The maximum atomic E-state index is 14.0. The number of guanidine groups is 1. The number of aliphatic imine (C=N–C) groups is 1. The van der Waals surface area contributed by atoms with Gasteiger partial charge in [0.2, 0.25) is 29.5 Å². The number of hydrogen-bond donors (Lipinski definition) is 10. The lowest BCUT2D eigenvalue weighted by Crippen LogP contribution is -2.57. The van der Waals surface area contributed by atoms with Crippen LogP contribution in [0.4, 0.5) is 0 Å². The number of rotatable bonds is 17. The van der Waals surface area contributed by atoms with Gasteiger partial charge >= 0.3 is 0 Å². The topological polar surface area (TPSA) is 362 Å². The van der Waals surface area contributed by atoms with Gasteiger partial charge in [0.15, 0.2) is 11.7 Å². The molecule has 1 heterocycles. The number of carbonyl (C=O) groups excluding carboxylic acids is 10. The van der Waals surface area contributed by atoms with Gasteiger partial charge < -0.3 is 54.0 Å². The Labute approximate surface area is 373 Å². The van der Waals surface area contributed by atoms with Crippen LogP contribution in [0, 0.1) is 17.8 Å². The van der Waals surface area contributed by atoms with Crippen molar-refractivity contribution in [1.29, 1.82) is 0 Å². The van der Waals surface area contributed by atoms with E-state index in [1.54, 1.807) is 30.3 Å². The number of Topliss-reactive ketones (excluding diaryl/α,β-unsaturated/α-hetero) is 5. The van der Waals surface area contributed by atoms with Gasteiger partial charge in [0.25, 0.3) is 0 Å². The lowest BCUT2D eigenvalue weighted by Gasteiger charge is -2.26. The number of benzene rings is 1. The first-order valence-corrected chi connectivity index (χ1v) is 21.4. The van der Waals surface area contributed by atoms with Gasteiger partial charge in [-0.1, -0.05) is 30.3 Å². The van der Waals surface area contributed by atoms with Crippen LogP contribution in [0.1, 0.15) is 92.0 Å². The summed E-state index contributed by atoms with van der Waals surface area (Å²) in [6.45, 7) is 2.79. The molecule has 0 aromatic heterocycles. The van der Waals surface area contributed by atoms with Crippen molar-refractivity contribution in [2.45, 2.75) is 122 Å². The number of hydrogen-bond acceptors (Lipinski definition) is 14. The van der Waals surface area contributed by atoms with E-state index < -0.39 is 132 Å². The molecule has 1 aromatic carbocycles. The third kappa shape index (κ3) is 20.1. The lowest BCUT2D eigenvalue weighted by molar-refractivity contribution is -0.136. The minimum absolute atomic E-state index is 0. The number of nitrogens with zero attached hydrogens (tertiary/aromatic N) is 1. The van der Waals surface area contributed by atoms with Gasteiger partial charge in [-0.3, -0.25) is 52.9 Å². The molecule has 0 spiro atoms. The molecule has 8 atom stereocenters. The molecule has 2 rings (SSSR count). The summed E-state index contributed by atoms with van der Waals surface area (Å²) in [5.41, 5.74) is 16.9.